The second kappa shape index (κ2) is 5.57. The molecule has 1 aliphatic rings. The molecule has 6 heteroatoms. The number of hydrogen-bond donors (Lipinski definition) is 2. The molecule has 1 unspecified atom stereocenters. The zero-order chi connectivity index (χ0) is 14.8. The molecule has 1 fully saturated rings. The molecule has 1 aliphatic heterocycles. The van der Waals surface area contributed by atoms with Crippen molar-refractivity contribution in [2.45, 2.75) is 12.5 Å². The molecule has 0 radical (unpaired) electrons. The van der Waals surface area contributed by atoms with Crippen LogP contribution < -0.4 is 0 Å². The molecule has 1 saturated heterocycles. The summed E-state index contributed by atoms with van der Waals surface area (Å²) in [6.07, 6.45) is -0.527. The number of aliphatic carboxylic acids is 1. The SMILES string of the molecule is O=C(O)CC1CN(C(=O)c2cc3ccccc3[nH]2)CCO1. The Morgan fingerprint density at radius 2 is 2.19 bits per heavy atom. The molecule has 1 aromatic heterocycles. The maximum atomic E-state index is 12.5. The van der Waals surface area contributed by atoms with Gasteiger partial charge in [0.15, 0.2) is 0 Å². The molecule has 0 spiro atoms. The van der Waals surface area contributed by atoms with E-state index in [0.717, 1.165) is 10.9 Å². The summed E-state index contributed by atoms with van der Waals surface area (Å²) >= 11 is 0. The number of aromatic amines is 1. The summed E-state index contributed by atoms with van der Waals surface area (Å²) in [5, 5.41) is 9.80. The van der Waals surface area contributed by atoms with Gasteiger partial charge in [0.2, 0.25) is 0 Å². The minimum Gasteiger partial charge on any atom is -0.481 e. The van der Waals surface area contributed by atoms with Gasteiger partial charge >= 0.3 is 5.97 Å². The van der Waals surface area contributed by atoms with Gasteiger partial charge in [0.05, 0.1) is 19.1 Å². The Bertz CT molecular complexity index is 646. The van der Waals surface area contributed by atoms with Gasteiger partial charge < -0.3 is 19.7 Å². The van der Waals surface area contributed by atoms with E-state index in [-0.39, 0.29) is 12.3 Å². The molecule has 2 N–H and O–H groups in total. The second-order valence-corrected chi connectivity index (χ2v) is 5.11. The fourth-order valence-electron chi connectivity index (χ4n) is 2.58. The van der Waals surface area contributed by atoms with Gasteiger partial charge in [-0.2, -0.15) is 0 Å². The first-order valence-corrected chi connectivity index (χ1v) is 6.84. The van der Waals surface area contributed by atoms with Gasteiger partial charge in [0.25, 0.3) is 5.91 Å². The molecule has 1 atom stereocenters. The number of para-hydroxylation sites is 1. The van der Waals surface area contributed by atoms with Crippen molar-refractivity contribution in [1.82, 2.24) is 9.88 Å². The van der Waals surface area contributed by atoms with E-state index in [2.05, 4.69) is 4.98 Å². The van der Waals surface area contributed by atoms with E-state index in [1.54, 1.807) is 4.90 Å². The maximum Gasteiger partial charge on any atom is 0.306 e. The average Bonchev–Trinajstić information content (AvgIpc) is 2.90. The van der Waals surface area contributed by atoms with E-state index in [4.69, 9.17) is 9.84 Å². The van der Waals surface area contributed by atoms with Crippen LogP contribution in [0.1, 0.15) is 16.9 Å². The molecule has 6 nitrogen and oxygen atoms in total. The standard InChI is InChI=1S/C15H16N2O4/c18-14(19)8-11-9-17(5-6-21-11)15(20)13-7-10-3-1-2-4-12(10)16-13/h1-4,7,11,16H,5-6,8-9H2,(H,18,19). The van der Waals surface area contributed by atoms with Crippen molar-refractivity contribution in [3.8, 4) is 0 Å². The number of aromatic nitrogens is 1. The van der Waals surface area contributed by atoms with Crippen molar-refractivity contribution >= 4 is 22.8 Å². The lowest BCUT2D eigenvalue weighted by Gasteiger charge is -2.32. The molecule has 1 aromatic carbocycles. The van der Waals surface area contributed by atoms with Crippen LogP contribution in [0.5, 0.6) is 0 Å². The summed E-state index contributed by atoms with van der Waals surface area (Å²) in [6.45, 7) is 1.15. The molecule has 0 bridgehead atoms. The van der Waals surface area contributed by atoms with Crippen LogP contribution in [-0.2, 0) is 9.53 Å². The Balaban J connectivity index is 1.76. The topological polar surface area (TPSA) is 82.6 Å². The zero-order valence-electron chi connectivity index (χ0n) is 11.4. The zero-order valence-corrected chi connectivity index (χ0v) is 11.4. The summed E-state index contributed by atoms with van der Waals surface area (Å²) < 4.78 is 5.38. The predicted molar refractivity (Wildman–Crippen MR) is 76.2 cm³/mol. The highest BCUT2D eigenvalue weighted by molar-refractivity contribution is 5.98. The Morgan fingerprint density at radius 3 is 2.95 bits per heavy atom. The first-order chi connectivity index (χ1) is 10.1. The number of fused-ring (bicyclic) bond motifs is 1. The monoisotopic (exact) mass is 288 g/mol. The van der Waals surface area contributed by atoms with Gasteiger partial charge in [-0.05, 0) is 12.1 Å². The normalized spacial score (nSPS) is 18.9. The van der Waals surface area contributed by atoms with E-state index in [1.165, 1.54) is 0 Å². The number of amides is 1. The first kappa shape index (κ1) is 13.6. The second-order valence-electron chi connectivity index (χ2n) is 5.11. The van der Waals surface area contributed by atoms with E-state index >= 15 is 0 Å². The molecular formula is C15H16N2O4. The molecule has 0 aliphatic carbocycles. The minimum absolute atomic E-state index is 0.0868. The molecule has 110 valence electrons. The van der Waals surface area contributed by atoms with Gasteiger partial charge in [0, 0.05) is 24.0 Å². The molecule has 21 heavy (non-hydrogen) atoms. The molecule has 0 saturated carbocycles. The quantitative estimate of drug-likeness (QED) is 0.896. The van der Waals surface area contributed by atoms with Gasteiger partial charge in [-0.1, -0.05) is 18.2 Å². The fourth-order valence-corrected chi connectivity index (χ4v) is 2.58. The Morgan fingerprint density at radius 1 is 1.38 bits per heavy atom. The number of nitrogens with zero attached hydrogens (tertiary/aromatic N) is 1. The van der Waals surface area contributed by atoms with Gasteiger partial charge in [-0.3, -0.25) is 9.59 Å². The van der Waals surface area contributed by atoms with Crippen molar-refractivity contribution in [1.29, 1.82) is 0 Å². The lowest BCUT2D eigenvalue weighted by atomic mass is 10.2. The third-order valence-electron chi connectivity index (χ3n) is 3.59. The van der Waals surface area contributed by atoms with E-state index in [1.807, 2.05) is 30.3 Å². The van der Waals surface area contributed by atoms with Crippen molar-refractivity contribution in [3.63, 3.8) is 0 Å². The summed E-state index contributed by atoms with van der Waals surface area (Å²) in [4.78, 5) is 28.0. The number of carbonyl (C=O) groups is 2. The summed E-state index contributed by atoms with van der Waals surface area (Å²) in [6, 6.07) is 9.50. The number of morpholine rings is 1. The molecule has 1 amide bonds. The number of rotatable bonds is 3. The van der Waals surface area contributed by atoms with Gasteiger partial charge in [-0.25, -0.2) is 0 Å². The highest BCUT2D eigenvalue weighted by Gasteiger charge is 2.27. The highest BCUT2D eigenvalue weighted by Crippen LogP contribution is 2.18. The van der Waals surface area contributed by atoms with Crippen molar-refractivity contribution in [3.05, 3.63) is 36.0 Å². The molecule has 2 heterocycles. The summed E-state index contributed by atoms with van der Waals surface area (Å²) in [5.41, 5.74) is 1.43. The fraction of sp³-hybridized carbons (Fsp3) is 0.333. The highest BCUT2D eigenvalue weighted by atomic mass is 16.5. The average molecular weight is 288 g/mol. The lowest BCUT2D eigenvalue weighted by molar-refractivity contribution is -0.141. The van der Waals surface area contributed by atoms with Crippen LogP contribution in [-0.4, -0.2) is 52.7 Å². The van der Waals surface area contributed by atoms with Crippen LogP contribution in [0.4, 0.5) is 0 Å². The number of ether oxygens (including phenoxy) is 1. The minimum atomic E-state index is -0.917. The van der Waals surface area contributed by atoms with Crippen molar-refractivity contribution < 1.29 is 19.4 Å². The van der Waals surface area contributed by atoms with Crippen LogP contribution >= 0.6 is 0 Å². The van der Waals surface area contributed by atoms with Crippen LogP contribution in [0, 0.1) is 0 Å². The Kier molecular flexibility index (Phi) is 3.62. The number of benzene rings is 1. The van der Waals surface area contributed by atoms with Crippen LogP contribution in [0.25, 0.3) is 10.9 Å². The van der Waals surface area contributed by atoms with E-state index in [9.17, 15) is 9.59 Å². The smallest absolute Gasteiger partial charge is 0.306 e. The first-order valence-electron chi connectivity index (χ1n) is 6.84. The number of carboxylic acid groups (broad SMARTS) is 1. The van der Waals surface area contributed by atoms with E-state index < -0.39 is 12.1 Å². The Labute approximate surface area is 121 Å². The lowest BCUT2D eigenvalue weighted by Crippen LogP contribution is -2.46. The number of hydrogen-bond acceptors (Lipinski definition) is 3. The largest absolute Gasteiger partial charge is 0.481 e. The summed E-state index contributed by atoms with van der Waals surface area (Å²) in [5.74, 6) is -1.04. The summed E-state index contributed by atoms with van der Waals surface area (Å²) in [7, 11) is 0. The molecule has 2 aromatic rings. The van der Waals surface area contributed by atoms with Gasteiger partial charge in [-0.15, -0.1) is 0 Å². The third-order valence-corrected chi connectivity index (χ3v) is 3.59. The van der Waals surface area contributed by atoms with E-state index in [0.29, 0.717) is 25.4 Å². The van der Waals surface area contributed by atoms with Crippen molar-refractivity contribution in [2.24, 2.45) is 0 Å². The van der Waals surface area contributed by atoms with Crippen molar-refractivity contribution in [2.75, 3.05) is 19.7 Å². The number of carbonyl (C=O) groups excluding carboxylic acids is 1. The number of nitrogens with one attached hydrogen (secondary N) is 1. The van der Waals surface area contributed by atoms with Crippen LogP contribution in [0.3, 0.4) is 0 Å². The predicted octanol–water partition coefficient (Wildman–Crippen LogP) is 1.48. The molecule has 3 rings (SSSR count). The number of H-pyrrole nitrogens is 1. The third kappa shape index (κ3) is 2.90. The van der Waals surface area contributed by atoms with Crippen LogP contribution in [0.15, 0.2) is 30.3 Å². The van der Waals surface area contributed by atoms with Gasteiger partial charge in [0.1, 0.15) is 5.69 Å². The number of carboxylic acids is 1. The molecular weight excluding hydrogens is 272 g/mol. The van der Waals surface area contributed by atoms with Crippen LogP contribution in [0.2, 0.25) is 0 Å². The maximum absolute atomic E-state index is 12.5. The Hall–Kier alpha value is -2.34.